The van der Waals surface area contributed by atoms with Crippen LogP contribution in [-0.2, 0) is 5.60 Å². The van der Waals surface area contributed by atoms with Gasteiger partial charge in [-0.3, -0.25) is 0 Å². The van der Waals surface area contributed by atoms with Crippen molar-refractivity contribution >= 4 is 23.7 Å². The number of rotatable bonds is 11. The Bertz CT molecular complexity index is 884. The smallest absolute Gasteiger partial charge is 0.404 e. The number of carbonyl (C=O) groups is 2. The highest BCUT2D eigenvalue weighted by Gasteiger charge is 2.41. The van der Waals surface area contributed by atoms with E-state index in [0.29, 0.717) is 48.9 Å². The standard InChI is InChI=1S/C27H43ClN4O5/c28-22-11-4-9-20(16-22)27(37,12-6-13-30-26(35)36)21-10-5-14-32(18-21)25(34)31-23(24(33)17-29)15-19-7-2-1-3-8-19/h4,9,11,16,19,21,23-24,30,33,37H,1-3,5-8,10,12-15,17-18,29H2,(H,31,34)(H,35,36)/t21-,23?,24?,27-/m1/s1. The number of piperidine rings is 1. The highest BCUT2D eigenvalue weighted by molar-refractivity contribution is 6.30. The molecule has 1 aromatic carbocycles. The fourth-order valence-corrected chi connectivity index (χ4v) is 6.15. The molecule has 1 aliphatic carbocycles. The third-order valence-corrected chi connectivity index (χ3v) is 8.28. The van der Waals surface area contributed by atoms with Crippen LogP contribution in [0.3, 0.4) is 0 Å². The van der Waals surface area contributed by atoms with Gasteiger partial charge in [0.15, 0.2) is 0 Å². The molecular weight excluding hydrogens is 496 g/mol. The van der Waals surface area contributed by atoms with Gasteiger partial charge in [-0.1, -0.05) is 55.8 Å². The Morgan fingerprint density at radius 1 is 1.19 bits per heavy atom. The van der Waals surface area contributed by atoms with Crippen LogP contribution in [0.25, 0.3) is 0 Å². The first-order valence-corrected chi connectivity index (χ1v) is 14.0. The van der Waals surface area contributed by atoms with Gasteiger partial charge in [0, 0.05) is 37.1 Å². The van der Waals surface area contributed by atoms with Crippen molar-refractivity contribution in [1.29, 1.82) is 0 Å². The predicted octanol–water partition coefficient (Wildman–Crippen LogP) is 3.66. The first-order valence-electron chi connectivity index (χ1n) is 13.6. The number of carboxylic acid groups (broad SMARTS) is 1. The summed E-state index contributed by atoms with van der Waals surface area (Å²) in [6.07, 6.45) is 6.83. The quantitative estimate of drug-likeness (QED) is 0.237. The van der Waals surface area contributed by atoms with E-state index in [9.17, 15) is 19.8 Å². The molecule has 0 aromatic heterocycles. The first kappa shape index (κ1) is 29.5. The number of urea groups is 1. The molecule has 1 aliphatic heterocycles. The molecule has 7 N–H and O–H groups in total. The van der Waals surface area contributed by atoms with Gasteiger partial charge in [0.25, 0.3) is 0 Å². The lowest BCUT2D eigenvalue weighted by molar-refractivity contribution is -0.0554. The van der Waals surface area contributed by atoms with E-state index >= 15 is 0 Å². The minimum absolute atomic E-state index is 0.0825. The van der Waals surface area contributed by atoms with Crippen LogP contribution in [-0.4, -0.2) is 70.7 Å². The summed E-state index contributed by atoms with van der Waals surface area (Å²) in [5, 5.41) is 37.3. The van der Waals surface area contributed by atoms with Gasteiger partial charge in [0.05, 0.1) is 17.7 Å². The lowest BCUT2D eigenvalue weighted by Crippen LogP contribution is -2.55. The zero-order valence-corrected chi connectivity index (χ0v) is 22.3. The van der Waals surface area contributed by atoms with Crippen molar-refractivity contribution in [3.05, 3.63) is 34.9 Å². The third kappa shape index (κ3) is 8.46. The number of aliphatic hydroxyl groups excluding tert-OH is 1. The van der Waals surface area contributed by atoms with Crippen LogP contribution in [0.1, 0.15) is 69.8 Å². The molecule has 2 unspecified atom stereocenters. The van der Waals surface area contributed by atoms with E-state index in [1.807, 2.05) is 6.07 Å². The predicted molar refractivity (Wildman–Crippen MR) is 143 cm³/mol. The van der Waals surface area contributed by atoms with Crippen molar-refractivity contribution in [1.82, 2.24) is 15.5 Å². The molecule has 37 heavy (non-hydrogen) atoms. The zero-order valence-electron chi connectivity index (χ0n) is 21.6. The second-order valence-corrected chi connectivity index (χ2v) is 11.1. The van der Waals surface area contributed by atoms with E-state index in [-0.39, 0.29) is 25.0 Å². The van der Waals surface area contributed by atoms with Crippen LogP contribution in [0.4, 0.5) is 9.59 Å². The van der Waals surface area contributed by atoms with E-state index in [2.05, 4.69) is 10.6 Å². The fourth-order valence-electron chi connectivity index (χ4n) is 5.95. The van der Waals surface area contributed by atoms with E-state index in [1.165, 1.54) is 19.3 Å². The molecule has 3 rings (SSSR count). The van der Waals surface area contributed by atoms with Crippen LogP contribution < -0.4 is 16.4 Å². The molecule has 1 aromatic rings. The van der Waals surface area contributed by atoms with Crippen molar-refractivity contribution in [3.63, 3.8) is 0 Å². The lowest BCUT2D eigenvalue weighted by Gasteiger charge is -2.43. The average Bonchev–Trinajstić information content (AvgIpc) is 2.90. The molecule has 1 saturated heterocycles. The zero-order chi connectivity index (χ0) is 26.8. The molecule has 0 radical (unpaired) electrons. The second kappa shape index (κ2) is 14.2. The molecule has 10 heteroatoms. The van der Waals surface area contributed by atoms with Crippen LogP contribution >= 0.6 is 11.6 Å². The second-order valence-electron chi connectivity index (χ2n) is 10.7. The first-order chi connectivity index (χ1) is 17.7. The number of halogens is 1. The van der Waals surface area contributed by atoms with Gasteiger partial charge in [0.1, 0.15) is 0 Å². The maximum absolute atomic E-state index is 13.4. The molecule has 3 amide bonds. The van der Waals surface area contributed by atoms with E-state index in [1.54, 1.807) is 23.1 Å². The monoisotopic (exact) mass is 538 g/mol. The summed E-state index contributed by atoms with van der Waals surface area (Å²) < 4.78 is 0. The summed E-state index contributed by atoms with van der Waals surface area (Å²) in [6.45, 7) is 1.20. The number of nitrogens with zero attached hydrogens (tertiary/aromatic N) is 1. The summed E-state index contributed by atoms with van der Waals surface area (Å²) in [5.41, 5.74) is 5.15. The Morgan fingerprint density at radius 3 is 2.62 bits per heavy atom. The number of amides is 3. The molecule has 1 saturated carbocycles. The van der Waals surface area contributed by atoms with Gasteiger partial charge in [-0.05, 0) is 55.7 Å². The molecule has 0 spiro atoms. The van der Waals surface area contributed by atoms with Crippen LogP contribution in [0.15, 0.2) is 24.3 Å². The van der Waals surface area contributed by atoms with E-state index < -0.39 is 23.8 Å². The number of nitrogens with one attached hydrogen (secondary N) is 2. The number of nitrogens with two attached hydrogens (primary N) is 1. The lowest BCUT2D eigenvalue weighted by atomic mass is 9.74. The van der Waals surface area contributed by atoms with E-state index in [0.717, 1.165) is 25.7 Å². The number of carbonyl (C=O) groups excluding carboxylic acids is 1. The van der Waals surface area contributed by atoms with Crippen molar-refractivity contribution < 1.29 is 24.9 Å². The van der Waals surface area contributed by atoms with Crippen LogP contribution in [0, 0.1) is 11.8 Å². The summed E-state index contributed by atoms with van der Waals surface area (Å²) in [4.78, 5) is 25.9. The van der Waals surface area contributed by atoms with Gasteiger partial charge in [-0.25, -0.2) is 9.59 Å². The molecule has 208 valence electrons. The van der Waals surface area contributed by atoms with Crippen LogP contribution in [0.2, 0.25) is 5.02 Å². The molecule has 2 aliphatic rings. The van der Waals surface area contributed by atoms with Crippen molar-refractivity contribution in [2.24, 2.45) is 17.6 Å². The third-order valence-electron chi connectivity index (χ3n) is 8.05. The van der Waals surface area contributed by atoms with E-state index in [4.69, 9.17) is 22.4 Å². The van der Waals surface area contributed by atoms with Crippen molar-refractivity contribution in [2.75, 3.05) is 26.2 Å². The summed E-state index contributed by atoms with van der Waals surface area (Å²) in [7, 11) is 0. The Hall–Kier alpha value is -2.07. The Kier molecular flexibility index (Phi) is 11.3. The summed E-state index contributed by atoms with van der Waals surface area (Å²) in [6, 6.07) is 6.44. The molecule has 0 bridgehead atoms. The van der Waals surface area contributed by atoms with Gasteiger partial charge >= 0.3 is 12.1 Å². The maximum atomic E-state index is 13.4. The summed E-state index contributed by atoms with van der Waals surface area (Å²) >= 11 is 6.24. The van der Waals surface area contributed by atoms with Gasteiger partial charge < -0.3 is 36.6 Å². The topological polar surface area (TPSA) is 148 Å². The molecular formula is C27H43ClN4O5. The van der Waals surface area contributed by atoms with Crippen LogP contribution in [0.5, 0.6) is 0 Å². The highest BCUT2D eigenvalue weighted by atomic mass is 35.5. The number of hydrogen-bond donors (Lipinski definition) is 6. The Morgan fingerprint density at radius 2 is 1.95 bits per heavy atom. The molecule has 4 atom stereocenters. The average molecular weight is 539 g/mol. The number of benzene rings is 1. The molecule has 9 nitrogen and oxygen atoms in total. The Labute approximate surface area is 224 Å². The normalized spacial score (nSPS) is 22.1. The molecule has 2 fully saturated rings. The minimum atomic E-state index is -1.28. The van der Waals surface area contributed by atoms with Crippen molar-refractivity contribution in [2.45, 2.75) is 82.0 Å². The van der Waals surface area contributed by atoms with Gasteiger partial charge in [0.2, 0.25) is 0 Å². The maximum Gasteiger partial charge on any atom is 0.404 e. The fraction of sp³-hybridized carbons (Fsp3) is 0.704. The number of hydrogen-bond acceptors (Lipinski definition) is 5. The van der Waals surface area contributed by atoms with Gasteiger partial charge in [-0.2, -0.15) is 0 Å². The largest absolute Gasteiger partial charge is 0.465 e. The minimum Gasteiger partial charge on any atom is -0.465 e. The summed E-state index contributed by atoms with van der Waals surface area (Å²) in [5.74, 6) is 0.216. The number of likely N-dealkylation sites (tertiary alicyclic amines) is 1. The van der Waals surface area contributed by atoms with Gasteiger partial charge in [-0.15, -0.1) is 0 Å². The van der Waals surface area contributed by atoms with Crippen molar-refractivity contribution in [3.8, 4) is 0 Å². The highest BCUT2D eigenvalue weighted by Crippen LogP contribution is 2.40. The SMILES string of the molecule is NCC(O)C(CC1CCCCC1)NC(=O)N1CCC[C@@H]([C@@](O)(CCCNC(=O)O)c2cccc(Cl)c2)C1. The Balaban J connectivity index is 1.71. The molecule has 1 heterocycles. The number of aliphatic hydroxyl groups is 2.